The van der Waals surface area contributed by atoms with E-state index in [0.717, 1.165) is 27.6 Å². The zero-order valence-corrected chi connectivity index (χ0v) is 14.8. The average Bonchev–Trinajstić information content (AvgIpc) is 2.93. The number of anilines is 1. The molecule has 5 heteroatoms. The average molecular weight is 336 g/mol. The van der Waals surface area contributed by atoms with Gasteiger partial charge in [-0.25, -0.2) is 0 Å². The second-order valence-electron chi connectivity index (χ2n) is 7.78. The molecule has 0 N–H and O–H groups in total. The fourth-order valence-electron chi connectivity index (χ4n) is 4.73. The van der Waals surface area contributed by atoms with Crippen molar-refractivity contribution in [3.63, 3.8) is 0 Å². The van der Waals surface area contributed by atoms with Gasteiger partial charge in [-0.2, -0.15) is 0 Å². The van der Waals surface area contributed by atoms with Crippen LogP contribution in [0.5, 0.6) is 0 Å². The molecule has 25 heavy (non-hydrogen) atoms. The maximum Gasteiger partial charge on any atom is 0.259 e. The lowest BCUT2D eigenvalue weighted by Crippen LogP contribution is -2.48. The molecular formula is C20H20N2O3. The standard InChI is InChI=1S/C20H20N2O3/c1-10-8-14(23)22-19(25-10)16-12(20(22,2)3)9-11-6-5-7-13-15(11)17(16)18(24)21(13)4/h5-7,9-10,19H,8H2,1-4H3/t10-,19-/m0/s1. The van der Waals surface area contributed by atoms with Crippen LogP contribution >= 0.6 is 0 Å². The Bertz CT molecular complexity index is 979. The van der Waals surface area contributed by atoms with Crippen molar-refractivity contribution >= 4 is 28.3 Å². The number of benzene rings is 2. The lowest BCUT2D eigenvalue weighted by molar-refractivity contribution is -0.183. The summed E-state index contributed by atoms with van der Waals surface area (Å²) in [5, 5.41) is 2.01. The number of carbonyl (C=O) groups excluding carboxylic acids is 2. The highest BCUT2D eigenvalue weighted by Crippen LogP contribution is 2.54. The molecule has 2 aromatic rings. The highest BCUT2D eigenvalue weighted by molar-refractivity contribution is 6.26. The van der Waals surface area contributed by atoms with Gasteiger partial charge in [0.2, 0.25) is 5.91 Å². The minimum atomic E-state index is -0.501. The number of carbonyl (C=O) groups is 2. The Morgan fingerprint density at radius 3 is 2.76 bits per heavy atom. The van der Waals surface area contributed by atoms with Crippen molar-refractivity contribution in [1.82, 2.24) is 4.90 Å². The minimum Gasteiger partial charge on any atom is -0.350 e. The van der Waals surface area contributed by atoms with Crippen molar-refractivity contribution in [2.24, 2.45) is 0 Å². The van der Waals surface area contributed by atoms with Gasteiger partial charge in [-0.1, -0.05) is 12.1 Å². The van der Waals surface area contributed by atoms with E-state index in [9.17, 15) is 9.59 Å². The molecule has 0 spiro atoms. The van der Waals surface area contributed by atoms with Crippen molar-refractivity contribution in [1.29, 1.82) is 0 Å². The van der Waals surface area contributed by atoms with Gasteiger partial charge in [0.05, 0.1) is 29.3 Å². The van der Waals surface area contributed by atoms with Gasteiger partial charge in [0.25, 0.3) is 5.91 Å². The van der Waals surface area contributed by atoms with Gasteiger partial charge in [-0.3, -0.25) is 9.59 Å². The van der Waals surface area contributed by atoms with E-state index in [1.54, 1.807) is 11.9 Å². The monoisotopic (exact) mass is 336 g/mol. The van der Waals surface area contributed by atoms with E-state index in [0.29, 0.717) is 12.0 Å². The molecule has 3 aliphatic heterocycles. The molecule has 0 aromatic heterocycles. The summed E-state index contributed by atoms with van der Waals surface area (Å²) in [5.41, 5.74) is 3.02. The Kier molecular flexibility index (Phi) is 2.63. The molecule has 0 radical (unpaired) electrons. The Morgan fingerprint density at radius 1 is 1.24 bits per heavy atom. The summed E-state index contributed by atoms with van der Waals surface area (Å²) in [6.07, 6.45) is -0.256. The first-order valence-electron chi connectivity index (χ1n) is 8.68. The molecule has 3 heterocycles. The van der Waals surface area contributed by atoms with E-state index in [2.05, 4.69) is 6.07 Å². The fraction of sp³-hybridized carbons (Fsp3) is 0.400. The summed E-state index contributed by atoms with van der Waals surface area (Å²) in [6.45, 7) is 5.99. The van der Waals surface area contributed by atoms with Gasteiger partial charge in [-0.15, -0.1) is 0 Å². The molecule has 0 bridgehead atoms. The Balaban J connectivity index is 1.89. The smallest absolute Gasteiger partial charge is 0.259 e. The van der Waals surface area contributed by atoms with Gasteiger partial charge in [0, 0.05) is 18.0 Å². The van der Waals surface area contributed by atoms with Crippen LogP contribution < -0.4 is 4.90 Å². The molecule has 2 aromatic carbocycles. The van der Waals surface area contributed by atoms with Gasteiger partial charge < -0.3 is 14.5 Å². The van der Waals surface area contributed by atoms with E-state index in [1.807, 2.05) is 43.9 Å². The number of rotatable bonds is 0. The predicted molar refractivity (Wildman–Crippen MR) is 94.5 cm³/mol. The zero-order chi connectivity index (χ0) is 17.7. The lowest BCUT2D eigenvalue weighted by Gasteiger charge is -2.41. The number of hydrogen-bond acceptors (Lipinski definition) is 3. The van der Waals surface area contributed by atoms with E-state index in [1.165, 1.54) is 0 Å². The third-order valence-electron chi connectivity index (χ3n) is 5.90. The summed E-state index contributed by atoms with van der Waals surface area (Å²) in [6, 6.07) is 8.11. The molecule has 2 amide bonds. The SMILES string of the molecule is C[C@H]1CC(=O)N2[C@@H](O1)c1c(cc3cccc4c3c1C(=O)N4C)C2(C)C. The number of fused-ring (bicyclic) bond motifs is 4. The predicted octanol–water partition coefficient (Wildman–Crippen LogP) is 3.31. The molecule has 0 unspecified atom stereocenters. The number of nitrogens with zero attached hydrogens (tertiary/aromatic N) is 2. The largest absolute Gasteiger partial charge is 0.350 e. The first-order valence-corrected chi connectivity index (χ1v) is 8.68. The molecule has 5 nitrogen and oxygen atoms in total. The van der Waals surface area contributed by atoms with Crippen LogP contribution in [0.15, 0.2) is 24.3 Å². The second-order valence-corrected chi connectivity index (χ2v) is 7.78. The summed E-state index contributed by atoms with van der Waals surface area (Å²) >= 11 is 0. The Hall–Kier alpha value is -2.40. The van der Waals surface area contributed by atoms with Crippen molar-refractivity contribution in [2.45, 2.75) is 45.1 Å². The van der Waals surface area contributed by atoms with Crippen LogP contribution in [0.4, 0.5) is 5.69 Å². The number of hydrogen-bond donors (Lipinski definition) is 0. The van der Waals surface area contributed by atoms with Crippen molar-refractivity contribution in [3.8, 4) is 0 Å². The van der Waals surface area contributed by atoms with Crippen LogP contribution in [0.2, 0.25) is 0 Å². The highest BCUT2D eigenvalue weighted by Gasteiger charge is 2.53. The lowest BCUT2D eigenvalue weighted by atomic mass is 9.88. The van der Waals surface area contributed by atoms with Crippen LogP contribution in [0.25, 0.3) is 10.8 Å². The van der Waals surface area contributed by atoms with E-state index in [4.69, 9.17) is 4.74 Å². The number of amides is 2. The molecule has 128 valence electrons. The molecule has 5 rings (SSSR count). The van der Waals surface area contributed by atoms with Gasteiger partial charge >= 0.3 is 0 Å². The first kappa shape index (κ1) is 14.9. The maximum atomic E-state index is 13.1. The molecule has 1 saturated heterocycles. The van der Waals surface area contributed by atoms with Gasteiger partial charge in [0.1, 0.15) is 0 Å². The van der Waals surface area contributed by atoms with Crippen LogP contribution in [0.3, 0.4) is 0 Å². The second kappa shape index (κ2) is 4.41. The zero-order valence-electron chi connectivity index (χ0n) is 14.8. The third-order valence-corrected chi connectivity index (χ3v) is 5.90. The van der Waals surface area contributed by atoms with E-state index >= 15 is 0 Å². The molecule has 1 fully saturated rings. The van der Waals surface area contributed by atoms with Crippen LogP contribution in [-0.4, -0.2) is 29.9 Å². The quantitative estimate of drug-likeness (QED) is 0.741. The number of ether oxygens (including phenoxy) is 1. The fourth-order valence-corrected chi connectivity index (χ4v) is 4.73. The van der Waals surface area contributed by atoms with Crippen molar-refractivity contribution in [2.75, 3.05) is 11.9 Å². The summed E-state index contributed by atoms with van der Waals surface area (Å²) < 4.78 is 6.18. The minimum absolute atomic E-state index is 0.0185. The molecule has 0 aliphatic carbocycles. The van der Waals surface area contributed by atoms with E-state index in [-0.39, 0.29) is 17.9 Å². The van der Waals surface area contributed by atoms with Crippen LogP contribution in [-0.2, 0) is 15.1 Å². The summed E-state index contributed by atoms with van der Waals surface area (Å²) in [5.74, 6) is 0.0650. The van der Waals surface area contributed by atoms with Crippen molar-refractivity contribution < 1.29 is 14.3 Å². The summed E-state index contributed by atoms with van der Waals surface area (Å²) in [4.78, 5) is 29.3. The van der Waals surface area contributed by atoms with Crippen LogP contribution in [0, 0.1) is 0 Å². The third kappa shape index (κ3) is 1.62. The molecule has 3 aliphatic rings. The van der Waals surface area contributed by atoms with Crippen LogP contribution in [0.1, 0.15) is 54.9 Å². The topological polar surface area (TPSA) is 49.9 Å². The van der Waals surface area contributed by atoms with E-state index < -0.39 is 11.8 Å². The highest BCUT2D eigenvalue weighted by atomic mass is 16.5. The molecular weight excluding hydrogens is 316 g/mol. The maximum absolute atomic E-state index is 13.1. The Morgan fingerprint density at radius 2 is 2.00 bits per heavy atom. The summed E-state index contributed by atoms with van der Waals surface area (Å²) in [7, 11) is 1.80. The van der Waals surface area contributed by atoms with Gasteiger partial charge in [0.15, 0.2) is 6.23 Å². The first-order chi connectivity index (χ1) is 11.8. The molecule has 0 saturated carbocycles. The van der Waals surface area contributed by atoms with Crippen molar-refractivity contribution in [3.05, 3.63) is 41.0 Å². The Labute approximate surface area is 146 Å². The molecule has 2 atom stereocenters. The van der Waals surface area contributed by atoms with Gasteiger partial charge in [-0.05, 0) is 43.9 Å². The normalized spacial score (nSPS) is 26.4.